The Kier molecular flexibility index (Phi) is 5.99. The molecular formula is C21H22N2O. The zero-order chi connectivity index (χ0) is 17.5. The molecule has 122 valence electrons. The summed E-state index contributed by atoms with van der Waals surface area (Å²) >= 11 is 0. The maximum Gasteiger partial charge on any atom is 0.125 e. The van der Waals surface area contributed by atoms with Gasteiger partial charge in [-0.15, -0.1) is 0 Å². The first-order valence-corrected chi connectivity index (χ1v) is 8.16. The van der Waals surface area contributed by atoms with Crippen molar-refractivity contribution in [2.45, 2.75) is 39.5 Å². The van der Waals surface area contributed by atoms with Gasteiger partial charge in [-0.1, -0.05) is 24.3 Å². The van der Waals surface area contributed by atoms with Crippen molar-refractivity contribution >= 4 is 0 Å². The summed E-state index contributed by atoms with van der Waals surface area (Å²) in [6.07, 6.45) is 1.51. The average Bonchev–Trinajstić information content (AvgIpc) is 2.61. The molecule has 0 bridgehead atoms. The fraction of sp³-hybridized carbons (Fsp3) is 0.333. The Morgan fingerprint density at radius 3 is 2.50 bits per heavy atom. The molecule has 0 aliphatic heterocycles. The second-order valence-corrected chi connectivity index (χ2v) is 6.06. The molecule has 0 heterocycles. The van der Waals surface area contributed by atoms with Crippen LogP contribution in [-0.4, -0.2) is 6.61 Å². The molecule has 0 saturated heterocycles. The molecule has 24 heavy (non-hydrogen) atoms. The molecule has 1 atom stereocenters. The predicted octanol–water partition coefficient (Wildman–Crippen LogP) is 4.95. The summed E-state index contributed by atoms with van der Waals surface area (Å²) in [4.78, 5) is 0. The number of hydrogen-bond donors (Lipinski definition) is 0. The van der Waals surface area contributed by atoms with Crippen LogP contribution in [0.15, 0.2) is 36.4 Å². The summed E-state index contributed by atoms with van der Waals surface area (Å²) in [6.45, 7) is 6.78. The van der Waals surface area contributed by atoms with Crippen molar-refractivity contribution in [3.05, 3.63) is 64.2 Å². The lowest BCUT2D eigenvalue weighted by atomic mass is 9.94. The van der Waals surface area contributed by atoms with Gasteiger partial charge in [0.2, 0.25) is 0 Å². The number of aryl methyl sites for hydroxylation is 2. The van der Waals surface area contributed by atoms with Gasteiger partial charge < -0.3 is 4.74 Å². The minimum absolute atomic E-state index is 0.207. The molecule has 0 aliphatic rings. The van der Waals surface area contributed by atoms with Crippen LogP contribution < -0.4 is 4.74 Å². The summed E-state index contributed by atoms with van der Waals surface area (Å²) in [5.41, 5.74) is 5.03. The van der Waals surface area contributed by atoms with E-state index in [0.717, 1.165) is 29.7 Å². The van der Waals surface area contributed by atoms with E-state index in [1.54, 1.807) is 12.1 Å². The lowest BCUT2D eigenvalue weighted by Crippen LogP contribution is -2.04. The van der Waals surface area contributed by atoms with E-state index in [0.29, 0.717) is 12.2 Å². The predicted molar refractivity (Wildman–Crippen MR) is 94.9 cm³/mol. The van der Waals surface area contributed by atoms with Gasteiger partial charge in [-0.25, -0.2) is 0 Å². The fourth-order valence-electron chi connectivity index (χ4n) is 2.74. The van der Waals surface area contributed by atoms with Crippen molar-refractivity contribution in [1.82, 2.24) is 0 Å². The van der Waals surface area contributed by atoms with Gasteiger partial charge in [0.1, 0.15) is 5.75 Å². The lowest BCUT2D eigenvalue weighted by molar-refractivity contribution is 0.301. The van der Waals surface area contributed by atoms with E-state index in [2.05, 4.69) is 38.1 Å². The fourth-order valence-corrected chi connectivity index (χ4v) is 2.74. The molecule has 3 heteroatoms. The van der Waals surface area contributed by atoms with Crippen LogP contribution in [0.1, 0.15) is 46.6 Å². The Hall–Kier alpha value is -2.78. The van der Waals surface area contributed by atoms with Gasteiger partial charge in [0.25, 0.3) is 0 Å². The van der Waals surface area contributed by atoms with Gasteiger partial charge >= 0.3 is 0 Å². The van der Waals surface area contributed by atoms with Gasteiger partial charge in [0.15, 0.2) is 0 Å². The van der Waals surface area contributed by atoms with E-state index in [-0.39, 0.29) is 5.92 Å². The van der Waals surface area contributed by atoms with Crippen LogP contribution in [0.25, 0.3) is 0 Å². The SMILES string of the molecule is Cc1ccc(C)c(OCCCC(C#N)c2cccc(C#N)c2)c1C. The van der Waals surface area contributed by atoms with E-state index >= 15 is 0 Å². The molecule has 3 nitrogen and oxygen atoms in total. The first kappa shape index (κ1) is 17.6. The number of nitriles is 2. The number of nitrogens with zero attached hydrogens (tertiary/aromatic N) is 2. The highest BCUT2D eigenvalue weighted by Crippen LogP contribution is 2.27. The van der Waals surface area contributed by atoms with E-state index in [1.807, 2.05) is 19.1 Å². The van der Waals surface area contributed by atoms with E-state index < -0.39 is 0 Å². The van der Waals surface area contributed by atoms with Gasteiger partial charge in [-0.05, 0) is 68.0 Å². The zero-order valence-corrected chi connectivity index (χ0v) is 14.5. The lowest BCUT2D eigenvalue weighted by Gasteiger charge is -2.15. The Balaban J connectivity index is 1.95. The highest BCUT2D eigenvalue weighted by Gasteiger charge is 2.12. The Morgan fingerprint density at radius 2 is 1.79 bits per heavy atom. The minimum atomic E-state index is -0.207. The van der Waals surface area contributed by atoms with Gasteiger partial charge in [-0.3, -0.25) is 0 Å². The van der Waals surface area contributed by atoms with Gasteiger partial charge in [0.05, 0.1) is 30.2 Å². The molecule has 0 aromatic heterocycles. The van der Waals surface area contributed by atoms with Crippen molar-refractivity contribution in [2.24, 2.45) is 0 Å². The van der Waals surface area contributed by atoms with E-state index in [9.17, 15) is 5.26 Å². The summed E-state index contributed by atoms with van der Waals surface area (Å²) in [5, 5.41) is 18.4. The quantitative estimate of drug-likeness (QED) is 0.708. The molecule has 0 fully saturated rings. The molecular weight excluding hydrogens is 296 g/mol. The van der Waals surface area contributed by atoms with Crippen LogP contribution in [0.2, 0.25) is 0 Å². The first-order valence-electron chi connectivity index (χ1n) is 8.16. The molecule has 2 rings (SSSR count). The van der Waals surface area contributed by atoms with Crippen molar-refractivity contribution < 1.29 is 4.74 Å². The molecule has 2 aromatic rings. The molecule has 0 aliphatic carbocycles. The monoisotopic (exact) mass is 318 g/mol. The second kappa shape index (κ2) is 8.18. The van der Waals surface area contributed by atoms with E-state index in [4.69, 9.17) is 10.00 Å². The average molecular weight is 318 g/mol. The molecule has 2 aromatic carbocycles. The highest BCUT2D eigenvalue weighted by atomic mass is 16.5. The number of rotatable bonds is 6. The van der Waals surface area contributed by atoms with Crippen molar-refractivity contribution in [3.63, 3.8) is 0 Å². The zero-order valence-electron chi connectivity index (χ0n) is 14.5. The smallest absolute Gasteiger partial charge is 0.125 e. The summed E-state index contributed by atoms with van der Waals surface area (Å²) in [6, 6.07) is 15.9. The van der Waals surface area contributed by atoms with Crippen LogP contribution in [0.4, 0.5) is 0 Å². The van der Waals surface area contributed by atoms with Crippen molar-refractivity contribution in [3.8, 4) is 17.9 Å². The molecule has 0 spiro atoms. The normalized spacial score (nSPS) is 11.4. The Bertz CT molecular complexity index is 796. The number of ether oxygens (including phenoxy) is 1. The van der Waals surface area contributed by atoms with Crippen LogP contribution in [0.3, 0.4) is 0 Å². The van der Waals surface area contributed by atoms with Gasteiger partial charge in [0, 0.05) is 0 Å². The van der Waals surface area contributed by atoms with E-state index in [1.165, 1.54) is 11.1 Å². The maximum atomic E-state index is 9.41. The second-order valence-electron chi connectivity index (χ2n) is 6.06. The van der Waals surface area contributed by atoms with Crippen LogP contribution in [-0.2, 0) is 0 Å². The summed E-state index contributed by atoms with van der Waals surface area (Å²) < 4.78 is 5.96. The number of benzene rings is 2. The third-order valence-electron chi connectivity index (χ3n) is 4.33. The Labute approximate surface area is 144 Å². The molecule has 0 N–H and O–H groups in total. The molecule has 1 unspecified atom stereocenters. The van der Waals surface area contributed by atoms with Crippen molar-refractivity contribution in [1.29, 1.82) is 10.5 Å². The topological polar surface area (TPSA) is 56.8 Å². The molecule has 0 radical (unpaired) electrons. The molecule has 0 amide bonds. The van der Waals surface area contributed by atoms with Crippen LogP contribution in [0, 0.1) is 43.4 Å². The largest absolute Gasteiger partial charge is 0.493 e. The van der Waals surface area contributed by atoms with Gasteiger partial charge in [-0.2, -0.15) is 10.5 Å². The third kappa shape index (κ3) is 4.15. The maximum absolute atomic E-state index is 9.41. The Morgan fingerprint density at radius 1 is 1.04 bits per heavy atom. The first-order chi connectivity index (χ1) is 11.6. The standard InChI is InChI=1S/C21H22N2O/c1-15-9-10-16(2)21(17(15)3)24-11-5-8-20(14-23)19-7-4-6-18(12-19)13-22/h4,6-7,9-10,12,20H,5,8,11H2,1-3H3. The summed E-state index contributed by atoms with van der Waals surface area (Å²) in [7, 11) is 0. The summed E-state index contributed by atoms with van der Waals surface area (Å²) in [5.74, 6) is 0.747. The van der Waals surface area contributed by atoms with Crippen LogP contribution in [0.5, 0.6) is 5.75 Å². The van der Waals surface area contributed by atoms with Crippen LogP contribution >= 0.6 is 0 Å². The highest BCUT2D eigenvalue weighted by molar-refractivity contribution is 5.44. The molecule has 0 saturated carbocycles. The third-order valence-corrected chi connectivity index (χ3v) is 4.33. The number of hydrogen-bond acceptors (Lipinski definition) is 3. The minimum Gasteiger partial charge on any atom is -0.493 e. The van der Waals surface area contributed by atoms with Crippen molar-refractivity contribution in [2.75, 3.05) is 6.61 Å².